The molecule has 0 N–H and O–H groups in total. The number of hydrogen-bond acceptors (Lipinski definition) is 1. The van der Waals surface area contributed by atoms with E-state index in [0.717, 1.165) is 5.56 Å². The Morgan fingerprint density at radius 1 is 1.16 bits per heavy atom. The summed E-state index contributed by atoms with van der Waals surface area (Å²) >= 11 is 9.02. The summed E-state index contributed by atoms with van der Waals surface area (Å²) < 4.78 is 32.8. The highest BCUT2D eigenvalue weighted by molar-refractivity contribution is 9.08. The summed E-state index contributed by atoms with van der Waals surface area (Å²) in [6, 6.07) is 7.27. The fourth-order valence-corrected chi connectivity index (χ4v) is 2.03. The van der Waals surface area contributed by atoms with Crippen LogP contribution in [0, 0.1) is 18.6 Å². The maximum atomic E-state index is 13.8. The van der Waals surface area contributed by atoms with Gasteiger partial charge in [0.15, 0.2) is 17.4 Å². The molecule has 100 valence electrons. The minimum atomic E-state index is -0.734. The Labute approximate surface area is 123 Å². The lowest BCUT2D eigenvalue weighted by atomic mass is 10.2. The van der Waals surface area contributed by atoms with Crippen molar-refractivity contribution >= 4 is 27.5 Å². The molecule has 5 heteroatoms. The average Bonchev–Trinajstić information content (AvgIpc) is 2.37. The summed E-state index contributed by atoms with van der Waals surface area (Å²) in [5, 5.41) is 0.948. The predicted molar refractivity (Wildman–Crippen MR) is 75.3 cm³/mol. The average molecular weight is 348 g/mol. The second-order valence-corrected chi connectivity index (χ2v) is 5.00. The molecule has 0 spiro atoms. The van der Waals surface area contributed by atoms with Crippen molar-refractivity contribution in [2.45, 2.75) is 12.3 Å². The van der Waals surface area contributed by atoms with Crippen molar-refractivity contribution in [3.05, 3.63) is 58.1 Å². The maximum absolute atomic E-state index is 13.8. The largest absolute Gasteiger partial charge is 0.451 e. The fourth-order valence-electron chi connectivity index (χ4n) is 1.59. The number of halogens is 4. The van der Waals surface area contributed by atoms with Gasteiger partial charge in [-0.15, -0.1) is 0 Å². The van der Waals surface area contributed by atoms with Crippen LogP contribution in [0.25, 0.3) is 0 Å². The van der Waals surface area contributed by atoms with Gasteiger partial charge >= 0.3 is 0 Å². The molecule has 0 aliphatic carbocycles. The standard InChI is InChI=1S/C14H10BrClF2O/c1-8-4-10(2-3-11(8)16)19-14-12(17)5-9(7-15)6-13(14)18/h2-6H,7H2,1H3. The summed E-state index contributed by atoms with van der Waals surface area (Å²) in [5.41, 5.74) is 1.28. The van der Waals surface area contributed by atoms with Gasteiger partial charge in [0.1, 0.15) is 5.75 Å². The van der Waals surface area contributed by atoms with Gasteiger partial charge in [-0.05, 0) is 48.4 Å². The molecule has 0 fully saturated rings. The van der Waals surface area contributed by atoms with Crippen LogP contribution in [0.15, 0.2) is 30.3 Å². The Kier molecular flexibility index (Phi) is 4.42. The third-order valence-corrected chi connectivity index (χ3v) is 3.63. The van der Waals surface area contributed by atoms with E-state index in [1.807, 2.05) is 0 Å². The Bertz CT molecular complexity index is 593. The molecular formula is C14H10BrClF2O. The SMILES string of the molecule is Cc1cc(Oc2c(F)cc(CBr)cc2F)ccc1Cl. The Hall–Kier alpha value is -1.13. The van der Waals surface area contributed by atoms with Crippen LogP contribution in [0.4, 0.5) is 8.78 Å². The summed E-state index contributed by atoms with van der Waals surface area (Å²) in [7, 11) is 0. The van der Waals surface area contributed by atoms with E-state index in [1.54, 1.807) is 25.1 Å². The molecule has 0 radical (unpaired) electrons. The van der Waals surface area contributed by atoms with Crippen LogP contribution < -0.4 is 4.74 Å². The van der Waals surface area contributed by atoms with Gasteiger partial charge < -0.3 is 4.74 Å². The quantitative estimate of drug-likeness (QED) is 0.655. The number of aryl methyl sites for hydroxylation is 1. The van der Waals surface area contributed by atoms with Crippen LogP contribution >= 0.6 is 27.5 Å². The van der Waals surface area contributed by atoms with Crippen molar-refractivity contribution in [2.24, 2.45) is 0 Å². The maximum Gasteiger partial charge on any atom is 0.198 e. The van der Waals surface area contributed by atoms with Gasteiger partial charge in [-0.1, -0.05) is 27.5 Å². The van der Waals surface area contributed by atoms with Gasteiger partial charge in [0, 0.05) is 10.4 Å². The Balaban J connectivity index is 2.35. The molecule has 2 rings (SSSR count). The van der Waals surface area contributed by atoms with Crippen LogP contribution in [0.3, 0.4) is 0 Å². The molecule has 0 amide bonds. The van der Waals surface area contributed by atoms with E-state index in [-0.39, 0.29) is 0 Å². The molecule has 2 aromatic rings. The van der Waals surface area contributed by atoms with E-state index in [1.165, 1.54) is 12.1 Å². The van der Waals surface area contributed by atoms with Gasteiger partial charge in [0.2, 0.25) is 0 Å². The first kappa shape index (κ1) is 14.3. The first-order valence-corrected chi connectivity index (χ1v) is 6.99. The van der Waals surface area contributed by atoms with E-state index in [9.17, 15) is 8.78 Å². The van der Waals surface area contributed by atoms with E-state index >= 15 is 0 Å². The van der Waals surface area contributed by atoms with Crippen molar-refractivity contribution in [3.63, 3.8) is 0 Å². The lowest BCUT2D eigenvalue weighted by molar-refractivity contribution is 0.406. The Morgan fingerprint density at radius 2 is 1.79 bits per heavy atom. The molecule has 0 aromatic heterocycles. The molecule has 0 aliphatic heterocycles. The molecule has 0 saturated carbocycles. The van der Waals surface area contributed by atoms with Crippen molar-refractivity contribution in [1.29, 1.82) is 0 Å². The number of hydrogen-bond donors (Lipinski definition) is 0. The lowest BCUT2D eigenvalue weighted by Crippen LogP contribution is -1.95. The van der Waals surface area contributed by atoms with Gasteiger partial charge in [0.25, 0.3) is 0 Å². The molecule has 19 heavy (non-hydrogen) atoms. The van der Waals surface area contributed by atoms with Crippen LogP contribution in [0.1, 0.15) is 11.1 Å². The minimum absolute atomic E-state index is 0.339. The number of alkyl halides is 1. The molecule has 0 unspecified atom stereocenters. The zero-order valence-corrected chi connectivity index (χ0v) is 12.4. The zero-order chi connectivity index (χ0) is 14.0. The molecule has 1 nitrogen and oxygen atoms in total. The zero-order valence-electron chi connectivity index (χ0n) is 10.0. The van der Waals surface area contributed by atoms with Crippen LogP contribution in [-0.4, -0.2) is 0 Å². The van der Waals surface area contributed by atoms with E-state index in [2.05, 4.69) is 15.9 Å². The highest BCUT2D eigenvalue weighted by atomic mass is 79.9. The molecule has 0 aliphatic rings. The summed E-state index contributed by atoms with van der Waals surface area (Å²) in [5.74, 6) is -1.54. The molecular weight excluding hydrogens is 338 g/mol. The molecule has 0 atom stereocenters. The second-order valence-electron chi connectivity index (χ2n) is 4.04. The highest BCUT2D eigenvalue weighted by Gasteiger charge is 2.13. The van der Waals surface area contributed by atoms with Crippen molar-refractivity contribution < 1.29 is 13.5 Å². The van der Waals surface area contributed by atoms with Gasteiger partial charge in [0.05, 0.1) is 0 Å². The smallest absolute Gasteiger partial charge is 0.198 e. The normalized spacial score (nSPS) is 10.6. The lowest BCUT2D eigenvalue weighted by Gasteiger charge is -2.10. The monoisotopic (exact) mass is 346 g/mol. The number of benzene rings is 2. The van der Waals surface area contributed by atoms with Crippen molar-refractivity contribution in [1.82, 2.24) is 0 Å². The number of ether oxygens (including phenoxy) is 1. The molecule has 2 aromatic carbocycles. The first-order chi connectivity index (χ1) is 9.01. The third kappa shape index (κ3) is 3.25. The van der Waals surface area contributed by atoms with Gasteiger partial charge in [-0.2, -0.15) is 0 Å². The van der Waals surface area contributed by atoms with E-state index in [0.29, 0.717) is 21.7 Å². The van der Waals surface area contributed by atoms with E-state index < -0.39 is 17.4 Å². The van der Waals surface area contributed by atoms with Gasteiger partial charge in [-0.3, -0.25) is 0 Å². The van der Waals surface area contributed by atoms with E-state index in [4.69, 9.17) is 16.3 Å². The predicted octanol–water partition coefficient (Wildman–Crippen LogP) is 5.61. The molecule has 0 heterocycles. The highest BCUT2D eigenvalue weighted by Crippen LogP contribution is 2.31. The topological polar surface area (TPSA) is 9.23 Å². The first-order valence-electron chi connectivity index (χ1n) is 5.49. The van der Waals surface area contributed by atoms with Gasteiger partial charge in [-0.25, -0.2) is 8.78 Å². The minimum Gasteiger partial charge on any atom is -0.451 e. The summed E-state index contributed by atoms with van der Waals surface area (Å²) in [4.78, 5) is 0. The van der Waals surface area contributed by atoms with Crippen LogP contribution in [-0.2, 0) is 5.33 Å². The van der Waals surface area contributed by atoms with Crippen molar-refractivity contribution in [2.75, 3.05) is 0 Å². The number of rotatable bonds is 3. The Morgan fingerprint density at radius 3 is 2.32 bits per heavy atom. The molecule has 0 saturated heterocycles. The summed E-state index contributed by atoms with van der Waals surface area (Å²) in [6.07, 6.45) is 0. The molecule has 0 bridgehead atoms. The van der Waals surface area contributed by atoms with Crippen LogP contribution in [0.5, 0.6) is 11.5 Å². The second kappa shape index (κ2) is 5.88. The van der Waals surface area contributed by atoms with Crippen molar-refractivity contribution in [3.8, 4) is 11.5 Å². The third-order valence-electron chi connectivity index (χ3n) is 2.56. The van der Waals surface area contributed by atoms with Crippen LogP contribution in [0.2, 0.25) is 5.02 Å². The summed E-state index contributed by atoms with van der Waals surface area (Å²) in [6.45, 7) is 1.79. The fraction of sp³-hybridized carbons (Fsp3) is 0.143.